The van der Waals surface area contributed by atoms with Crippen LogP contribution in [-0.2, 0) is 20.0 Å². The van der Waals surface area contributed by atoms with Crippen molar-refractivity contribution in [1.29, 1.82) is 0 Å². The number of rotatable bonds is 4. The molecule has 10 heteroatoms. The van der Waals surface area contributed by atoms with Crippen LogP contribution in [0.3, 0.4) is 0 Å². The van der Waals surface area contributed by atoms with E-state index in [0.717, 1.165) is 12.5 Å². The first-order chi connectivity index (χ1) is 10.5. The van der Waals surface area contributed by atoms with Crippen LogP contribution in [0.25, 0.3) is 0 Å². The van der Waals surface area contributed by atoms with Crippen molar-refractivity contribution in [3.8, 4) is 0 Å². The minimum Gasteiger partial charge on any atom is -0.368 e. The Labute approximate surface area is 141 Å². The highest BCUT2D eigenvalue weighted by Gasteiger charge is 2.35. The maximum Gasteiger partial charge on any atom is 0.244 e. The highest BCUT2D eigenvalue weighted by Crippen LogP contribution is 2.35. The summed E-state index contributed by atoms with van der Waals surface area (Å²) in [5.41, 5.74) is 0.265. The van der Waals surface area contributed by atoms with Gasteiger partial charge < -0.3 is 5.32 Å². The van der Waals surface area contributed by atoms with Crippen LogP contribution in [0.5, 0.6) is 0 Å². The minimum atomic E-state index is -4.12. The van der Waals surface area contributed by atoms with E-state index in [2.05, 4.69) is 10.0 Å². The summed E-state index contributed by atoms with van der Waals surface area (Å²) in [5.74, 6) is 0.315. The number of anilines is 1. The van der Waals surface area contributed by atoms with Gasteiger partial charge in [-0.3, -0.25) is 0 Å². The van der Waals surface area contributed by atoms with Crippen molar-refractivity contribution in [2.24, 2.45) is 17.0 Å². The summed E-state index contributed by atoms with van der Waals surface area (Å²) in [6.45, 7) is 6.01. The van der Waals surface area contributed by atoms with Gasteiger partial charge in [0, 0.05) is 0 Å². The van der Waals surface area contributed by atoms with Crippen LogP contribution in [0, 0.1) is 11.8 Å². The van der Waals surface area contributed by atoms with Gasteiger partial charge in [0.05, 0.1) is 16.9 Å². The third-order valence-corrected chi connectivity index (χ3v) is 7.15. The van der Waals surface area contributed by atoms with Gasteiger partial charge in [0.15, 0.2) is 0 Å². The first-order valence-corrected chi connectivity index (χ1v) is 10.5. The molecule has 2 rings (SSSR count). The molecule has 0 saturated carbocycles. The van der Waals surface area contributed by atoms with Gasteiger partial charge >= 0.3 is 0 Å². The predicted octanol–water partition coefficient (Wildman–Crippen LogP) is 1.70. The second kappa shape index (κ2) is 6.21. The van der Waals surface area contributed by atoms with Crippen molar-refractivity contribution in [3.63, 3.8) is 0 Å². The fourth-order valence-electron chi connectivity index (χ4n) is 2.45. The Kier molecular flexibility index (Phi) is 4.99. The zero-order valence-corrected chi connectivity index (χ0v) is 15.4. The molecule has 7 nitrogen and oxygen atoms in total. The summed E-state index contributed by atoms with van der Waals surface area (Å²) in [6.07, 6.45) is 0.401. The normalized spacial score (nSPS) is 22.7. The molecule has 1 aromatic carbocycles. The first-order valence-electron chi connectivity index (χ1n) is 7.12. The molecule has 0 saturated heterocycles. The number of nitrogens with two attached hydrogens (primary N) is 1. The Hall–Kier alpha value is -0.870. The fraction of sp³-hybridized carbons (Fsp3) is 0.538. The van der Waals surface area contributed by atoms with Crippen LogP contribution in [0.1, 0.15) is 27.2 Å². The first kappa shape index (κ1) is 18.5. The summed E-state index contributed by atoms with van der Waals surface area (Å²) >= 11 is 5.94. The van der Waals surface area contributed by atoms with Crippen molar-refractivity contribution in [2.75, 3.05) is 5.32 Å². The van der Waals surface area contributed by atoms with Crippen molar-refractivity contribution < 1.29 is 16.8 Å². The third-order valence-electron chi connectivity index (χ3n) is 4.29. The Morgan fingerprint density at radius 1 is 1.35 bits per heavy atom. The standard InChI is InChI=1S/C13H20ClN3O4S2/c1-4-7(2)8(3)13-16-10-5-9(14)11(22(15,18)19)6-12(10)23(20,21)17-13/h5-8,13,16-17H,4H2,1-3H3,(H2,15,18,19)/t7-,8-,13-/m1/s1. The van der Waals surface area contributed by atoms with Gasteiger partial charge in [-0.1, -0.05) is 38.8 Å². The molecule has 1 aromatic rings. The number of nitrogens with one attached hydrogen (secondary N) is 2. The molecule has 4 N–H and O–H groups in total. The van der Waals surface area contributed by atoms with E-state index in [0.29, 0.717) is 0 Å². The number of primary sulfonamides is 1. The van der Waals surface area contributed by atoms with Gasteiger partial charge in [-0.05, 0) is 24.0 Å². The molecule has 3 atom stereocenters. The average molecular weight is 382 g/mol. The van der Waals surface area contributed by atoms with Gasteiger partial charge in [-0.2, -0.15) is 4.72 Å². The van der Waals surface area contributed by atoms with Crippen LogP contribution < -0.4 is 15.2 Å². The van der Waals surface area contributed by atoms with E-state index in [1.54, 1.807) is 0 Å². The predicted molar refractivity (Wildman–Crippen MR) is 89.2 cm³/mol. The van der Waals surface area contributed by atoms with Gasteiger partial charge in [-0.25, -0.2) is 22.0 Å². The number of benzene rings is 1. The van der Waals surface area contributed by atoms with E-state index >= 15 is 0 Å². The Balaban J connectivity index is 2.53. The summed E-state index contributed by atoms with van der Waals surface area (Å²) in [4.78, 5) is -0.600. The van der Waals surface area contributed by atoms with E-state index in [-0.39, 0.29) is 27.4 Å². The molecule has 0 aliphatic carbocycles. The van der Waals surface area contributed by atoms with E-state index in [9.17, 15) is 16.8 Å². The summed E-state index contributed by atoms with van der Waals surface area (Å²) in [7, 11) is -7.99. The number of hydrogen-bond acceptors (Lipinski definition) is 5. The molecule has 0 spiro atoms. The Morgan fingerprint density at radius 3 is 2.48 bits per heavy atom. The molecule has 1 aliphatic heterocycles. The summed E-state index contributed by atoms with van der Waals surface area (Å²) in [5, 5.41) is 8.02. The molecule has 0 bridgehead atoms. The molecule has 23 heavy (non-hydrogen) atoms. The molecule has 0 aromatic heterocycles. The van der Waals surface area contributed by atoms with Crippen LogP contribution in [0.15, 0.2) is 21.9 Å². The van der Waals surface area contributed by atoms with E-state index in [1.807, 2.05) is 20.8 Å². The lowest BCUT2D eigenvalue weighted by Crippen LogP contribution is -2.49. The molecule has 130 valence electrons. The summed E-state index contributed by atoms with van der Waals surface area (Å²) < 4.78 is 50.5. The van der Waals surface area contributed by atoms with Crippen LogP contribution >= 0.6 is 11.6 Å². The lowest BCUT2D eigenvalue weighted by atomic mass is 9.91. The van der Waals surface area contributed by atoms with Gasteiger partial charge in [0.25, 0.3) is 0 Å². The summed E-state index contributed by atoms with van der Waals surface area (Å²) in [6, 6.07) is 2.26. The van der Waals surface area contributed by atoms with E-state index < -0.39 is 31.1 Å². The molecular weight excluding hydrogens is 362 g/mol. The zero-order chi connectivity index (χ0) is 17.6. The molecule has 1 heterocycles. The highest BCUT2D eigenvalue weighted by molar-refractivity contribution is 7.90. The van der Waals surface area contributed by atoms with Crippen molar-refractivity contribution >= 4 is 37.3 Å². The van der Waals surface area contributed by atoms with E-state index in [1.165, 1.54) is 6.07 Å². The SMILES string of the molecule is CC[C@@H](C)[C@@H](C)[C@@H]1Nc2cc(Cl)c(S(N)(=O)=O)cc2S(=O)(=O)N1. The highest BCUT2D eigenvalue weighted by atomic mass is 35.5. The molecule has 0 unspecified atom stereocenters. The smallest absolute Gasteiger partial charge is 0.244 e. The monoisotopic (exact) mass is 381 g/mol. The largest absolute Gasteiger partial charge is 0.368 e. The lowest BCUT2D eigenvalue weighted by molar-refractivity contribution is 0.318. The van der Waals surface area contributed by atoms with Gasteiger partial charge in [0.1, 0.15) is 9.79 Å². The molecule has 0 radical (unpaired) electrons. The van der Waals surface area contributed by atoms with Crippen molar-refractivity contribution in [2.45, 2.75) is 43.1 Å². The third kappa shape index (κ3) is 3.63. The van der Waals surface area contributed by atoms with Gasteiger partial charge in [-0.15, -0.1) is 0 Å². The maximum absolute atomic E-state index is 12.5. The lowest BCUT2D eigenvalue weighted by Gasteiger charge is -2.34. The number of hydrogen-bond donors (Lipinski definition) is 3. The number of fused-ring (bicyclic) bond motifs is 1. The second-order valence-electron chi connectivity index (χ2n) is 5.81. The molecule has 1 aliphatic rings. The second-order valence-corrected chi connectivity index (χ2v) is 9.43. The quantitative estimate of drug-likeness (QED) is 0.733. The topological polar surface area (TPSA) is 118 Å². The number of halogens is 1. The van der Waals surface area contributed by atoms with Crippen molar-refractivity contribution in [3.05, 3.63) is 17.2 Å². The average Bonchev–Trinajstić information content (AvgIpc) is 2.42. The maximum atomic E-state index is 12.5. The van der Waals surface area contributed by atoms with E-state index in [4.69, 9.17) is 16.7 Å². The van der Waals surface area contributed by atoms with Crippen LogP contribution in [0.2, 0.25) is 5.02 Å². The Bertz CT molecular complexity index is 824. The molecule has 0 amide bonds. The zero-order valence-electron chi connectivity index (χ0n) is 13.0. The van der Waals surface area contributed by atoms with Gasteiger partial charge in [0.2, 0.25) is 20.0 Å². The Morgan fingerprint density at radius 2 is 1.96 bits per heavy atom. The van der Waals surface area contributed by atoms with Crippen LogP contribution in [0.4, 0.5) is 5.69 Å². The molecule has 0 fully saturated rings. The fourth-order valence-corrected chi connectivity index (χ4v) is 5.04. The number of sulfonamides is 2. The van der Waals surface area contributed by atoms with Crippen molar-refractivity contribution in [1.82, 2.24) is 4.72 Å². The molecular formula is C13H20ClN3O4S2. The van der Waals surface area contributed by atoms with Crippen LogP contribution in [-0.4, -0.2) is 23.0 Å². The minimum absolute atomic E-state index is 0.0274.